The second kappa shape index (κ2) is 8.28. The van der Waals surface area contributed by atoms with Gasteiger partial charge in [0.05, 0.1) is 16.8 Å². The van der Waals surface area contributed by atoms with E-state index in [0.717, 1.165) is 37.8 Å². The molecule has 33 heavy (non-hydrogen) atoms. The summed E-state index contributed by atoms with van der Waals surface area (Å²) in [5, 5.41) is 9.62. The number of alkyl halides is 3. The van der Waals surface area contributed by atoms with Crippen molar-refractivity contribution in [3.63, 3.8) is 0 Å². The van der Waals surface area contributed by atoms with Gasteiger partial charge in [0.2, 0.25) is 5.95 Å². The summed E-state index contributed by atoms with van der Waals surface area (Å²) in [6, 6.07) is 3.26. The highest BCUT2D eigenvalue weighted by Gasteiger charge is 2.33. The lowest BCUT2D eigenvalue weighted by molar-refractivity contribution is -0.137. The van der Waals surface area contributed by atoms with Crippen molar-refractivity contribution in [2.75, 3.05) is 23.3 Å². The topological polar surface area (TPSA) is 95.7 Å². The van der Waals surface area contributed by atoms with Crippen LogP contribution in [-0.4, -0.2) is 38.8 Å². The van der Waals surface area contributed by atoms with Gasteiger partial charge < -0.3 is 16.0 Å². The van der Waals surface area contributed by atoms with E-state index in [4.69, 9.17) is 5.73 Å². The van der Waals surface area contributed by atoms with E-state index in [1.165, 1.54) is 6.07 Å². The molecule has 0 bridgehead atoms. The number of H-pyrrole nitrogens is 1. The van der Waals surface area contributed by atoms with Crippen LogP contribution >= 0.6 is 12.4 Å². The van der Waals surface area contributed by atoms with Crippen LogP contribution in [0.5, 0.6) is 0 Å². The van der Waals surface area contributed by atoms with Crippen molar-refractivity contribution in [1.82, 2.24) is 20.2 Å². The molecular formula is C21H24ClF4N7. The van der Waals surface area contributed by atoms with E-state index in [1.54, 1.807) is 0 Å². The van der Waals surface area contributed by atoms with Crippen LogP contribution in [0.25, 0.3) is 10.9 Å². The van der Waals surface area contributed by atoms with Gasteiger partial charge in [0.25, 0.3) is 0 Å². The second-order valence-electron chi connectivity index (χ2n) is 8.94. The summed E-state index contributed by atoms with van der Waals surface area (Å²) in [6.07, 6.45) is -1.32. The minimum atomic E-state index is -4.53. The number of rotatable bonds is 4. The number of benzene rings is 1. The first-order valence-electron chi connectivity index (χ1n) is 10.5. The molecule has 2 fully saturated rings. The van der Waals surface area contributed by atoms with Gasteiger partial charge in [-0.3, -0.25) is 5.10 Å². The molecule has 0 spiro atoms. The minimum absolute atomic E-state index is 0. The number of nitrogens with zero attached hydrogens (tertiary/aromatic N) is 4. The summed E-state index contributed by atoms with van der Waals surface area (Å²) in [7, 11) is 0. The lowest BCUT2D eigenvalue weighted by Crippen LogP contribution is -2.48. The second-order valence-corrected chi connectivity index (χ2v) is 8.94. The predicted molar refractivity (Wildman–Crippen MR) is 120 cm³/mol. The Bertz CT molecular complexity index is 1160. The molecular weight excluding hydrogens is 462 g/mol. The van der Waals surface area contributed by atoms with E-state index in [0.29, 0.717) is 30.2 Å². The Balaban J connectivity index is 0.00000259. The van der Waals surface area contributed by atoms with Crippen molar-refractivity contribution in [2.45, 2.75) is 50.2 Å². The highest BCUT2D eigenvalue weighted by molar-refractivity contribution is 5.92. The third-order valence-electron chi connectivity index (χ3n) is 6.15. The summed E-state index contributed by atoms with van der Waals surface area (Å²) in [5.74, 6) is -0.0989. The molecule has 3 aromatic rings. The van der Waals surface area contributed by atoms with Crippen LogP contribution in [0.1, 0.15) is 49.8 Å². The number of nitrogens with one attached hydrogen (secondary N) is 2. The van der Waals surface area contributed by atoms with Crippen molar-refractivity contribution in [2.24, 2.45) is 5.73 Å². The number of hydrogen-bond acceptors (Lipinski definition) is 6. The van der Waals surface area contributed by atoms with Gasteiger partial charge in [0, 0.05) is 29.9 Å². The molecule has 2 aliphatic rings. The molecule has 2 aromatic heterocycles. The summed E-state index contributed by atoms with van der Waals surface area (Å²) in [4.78, 5) is 10.9. The molecule has 1 saturated heterocycles. The Kier molecular flexibility index (Phi) is 5.90. The Morgan fingerprint density at radius 3 is 2.48 bits per heavy atom. The first kappa shape index (κ1) is 23.5. The number of fused-ring (bicyclic) bond motifs is 1. The van der Waals surface area contributed by atoms with E-state index in [2.05, 4.69) is 25.5 Å². The van der Waals surface area contributed by atoms with Gasteiger partial charge in [-0.2, -0.15) is 23.3 Å². The van der Waals surface area contributed by atoms with E-state index < -0.39 is 17.6 Å². The number of piperidine rings is 1. The van der Waals surface area contributed by atoms with Crippen LogP contribution in [0, 0.1) is 5.82 Å². The van der Waals surface area contributed by atoms with Gasteiger partial charge in [-0.25, -0.2) is 9.37 Å². The summed E-state index contributed by atoms with van der Waals surface area (Å²) < 4.78 is 54.8. The molecule has 0 unspecified atom stereocenters. The van der Waals surface area contributed by atoms with E-state index in [9.17, 15) is 17.6 Å². The highest BCUT2D eigenvalue weighted by atomic mass is 35.5. The number of aromatic amines is 1. The molecule has 5 rings (SSSR count). The normalized spacial score (nSPS) is 18.3. The average Bonchev–Trinajstić information content (AvgIpc) is 3.51. The van der Waals surface area contributed by atoms with Gasteiger partial charge in [0.1, 0.15) is 5.82 Å². The smallest absolute Gasteiger partial charge is 0.341 e. The zero-order valence-electron chi connectivity index (χ0n) is 17.8. The monoisotopic (exact) mass is 485 g/mol. The van der Waals surface area contributed by atoms with Gasteiger partial charge in [0.15, 0.2) is 11.6 Å². The molecule has 1 saturated carbocycles. The minimum Gasteiger partial charge on any atom is -0.341 e. The van der Waals surface area contributed by atoms with Gasteiger partial charge >= 0.3 is 6.18 Å². The number of hydrogen-bond donors (Lipinski definition) is 3. The molecule has 0 atom stereocenters. The lowest BCUT2D eigenvalue weighted by Gasteiger charge is -2.36. The maximum atomic E-state index is 14.8. The molecule has 0 amide bonds. The zero-order chi connectivity index (χ0) is 22.7. The first-order chi connectivity index (χ1) is 15.1. The molecule has 1 aliphatic heterocycles. The maximum absolute atomic E-state index is 14.8. The van der Waals surface area contributed by atoms with Gasteiger partial charge in [-0.15, -0.1) is 12.4 Å². The molecule has 4 N–H and O–H groups in total. The average molecular weight is 486 g/mol. The third-order valence-corrected chi connectivity index (χ3v) is 6.15. The lowest BCUT2D eigenvalue weighted by atomic mass is 9.91. The van der Waals surface area contributed by atoms with Crippen molar-refractivity contribution >= 4 is 40.9 Å². The van der Waals surface area contributed by atoms with Crippen molar-refractivity contribution in [3.05, 3.63) is 35.3 Å². The zero-order valence-corrected chi connectivity index (χ0v) is 18.7. The predicted octanol–water partition coefficient (Wildman–Crippen LogP) is 4.87. The maximum Gasteiger partial charge on any atom is 0.416 e. The Hall–Kier alpha value is -2.66. The Morgan fingerprint density at radius 2 is 1.85 bits per heavy atom. The summed E-state index contributed by atoms with van der Waals surface area (Å²) in [6.45, 7) is 3.21. The van der Waals surface area contributed by atoms with Gasteiger partial charge in [-0.1, -0.05) is 0 Å². The summed E-state index contributed by atoms with van der Waals surface area (Å²) >= 11 is 0. The van der Waals surface area contributed by atoms with Crippen molar-refractivity contribution in [3.8, 4) is 0 Å². The number of aromatic nitrogens is 4. The quantitative estimate of drug-likeness (QED) is 0.456. The van der Waals surface area contributed by atoms with Crippen LogP contribution in [-0.2, 0) is 6.18 Å². The van der Waals surface area contributed by atoms with E-state index in [-0.39, 0.29) is 40.9 Å². The third kappa shape index (κ3) is 4.70. The van der Waals surface area contributed by atoms with Crippen LogP contribution < -0.4 is 16.0 Å². The summed E-state index contributed by atoms with van der Waals surface area (Å²) in [5.41, 5.74) is 5.82. The first-order valence-corrected chi connectivity index (χ1v) is 10.5. The number of nitrogens with two attached hydrogens (primary N) is 1. The molecule has 3 heterocycles. The van der Waals surface area contributed by atoms with Crippen LogP contribution in [0.3, 0.4) is 0 Å². The molecule has 0 radical (unpaired) electrons. The van der Waals surface area contributed by atoms with E-state index in [1.807, 2.05) is 11.8 Å². The Morgan fingerprint density at radius 1 is 1.15 bits per heavy atom. The fraction of sp³-hybridized carbons (Fsp3) is 0.476. The molecule has 12 heteroatoms. The largest absolute Gasteiger partial charge is 0.416 e. The fourth-order valence-corrected chi connectivity index (χ4v) is 3.93. The van der Waals surface area contributed by atoms with Crippen LogP contribution in [0.2, 0.25) is 0 Å². The fourth-order valence-electron chi connectivity index (χ4n) is 3.93. The van der Waals surface area contributed by atoms with Crippen molar-refractivity contribution < 1.29 is 17.6 Å². The Labute approximate surface area is 193 Å². The number of halogens is 5. The van der Waals surface area contributed by atoms with Gasteiger partial charge in [-0.05, 0) is 50.8 Å². The standard InChI is InChI=1S/C21H23F4N7.ClH/c1-20(26)6-8-32(9-7-20)19-27-14-5-4-12(21(23,24)25)10-13(14)17(29-19)28-18-15(22)16(30-31-18)11-2-3-11;/h4-5,10-11H,2-3,6-9,26H2,1H3,(H2,27,28,29,30,31);1H. The molecule has 1 aliphatic carbocycles. The van der Waals surface area contributed by atoms with Crippen LogP contribution in [0.15, 0.2) is 18.2 Å². The van der Waals surface area contributed by atoms with E-state index >= 15 is 0 Å². The molecule has 178 valence electrons. The molecule has 7 nitrogen and oxygen atoms in total. The van der Waals surface area contributed by atoms with Crippen LogP contribution in [0.4, 0.5) is 35.1 Å². The molecule has 1 aromatic carbocycles. The SMILES string of the molecule is CC1(N)CCN(c2nc(Nc3n[nH]c(C4CC4)c3F)c3cc(C(F)(F)F)ccc3n2)CC1.Cl. The number of anilines is 3. The van der Waals surface area contributed by atoms with Crippen molar-refractivity contribution in [1.29, 1.82) is 0 Å². The highest BCUT2D eigenvalue weighted by Crippen LogP contribution is 2.42.